The Kier molecular flexibility index (Phi) is 11.8. The molecular weight excluding hydrogens is 810 g/mol. The summed E-state index contributed by atoms with van der Waals surface area (Å²) in [7, 11) is 0. The quantitative estimate of drug-likeness (QED) is 0.293. The maximum atomic E-state index is 14.6. The second-order valence-electron chi connectivity index (χ2n) is 16.1. The molecule has 0 radical (unpaired) electrons. The van der Waals surface area contributed by atoms with Crippen LogP contribution in [-0.4, -0.2) is 124 Å². The number of hydrogen-bond acceptors (Lipinski definition) is 20. The first-order chi connectivity index (χ1) is 28.5. The zero-order valence-corrected chi connectivity index (χ0v) is 34.8. The number of furan rings is 1. The van der Waals surface area contributed by atoms with Gasteiger partial charge in [-0.15, -0.1) is 0 Å². The minimum absolute atomic E-state index is 0.0584. The van der Waals surface area contributed by atoms with Crippen molar-refractivity contribution in [2.24, 2.45) is 17.3 Å². The van der Waals surface area contributed by atoms with Crippen molar-refractivity contribution in [2.75, 3.05) is 13.2 Å². The molecule has 2 aromatic rings. The maximum absolute atomic E-state index is 14.6. The summed E-state index contributed by atoms with van der Waals surface area (Å²) in [6.45, 7) is 8.54. The zero-order chi connectivity index (χ0) is 45.0. The number of cyclic esters (lactones) is 1. The van der Waals surface area contributed by atoms with Gasteiger partial charge in [-0.25, -0.2) is 9.59 Å². The van der Waals surface area contributed by atoms with Crippen LogP contribution >= 0.6 is 0 Å². The van der Waals surface area contributed by atoms with Gasteiger partial charge in [0.15, 0.2) is 30.0 Å². The smallest absolute Gasteiger partial charge is 0.374 e. The molecule has 4 bridgehead atoms. The summed E-state index contributed by atoms with van der Waals surface area (Å²) in [4.78, 5) is 113. The summed E-state index contributed by atoms with van der Waals surface area (Å²) in [6, 6.07) is 5.46. The Morgan fingerprint density at radius 3 is 1.97 bits per heavy atom. The third-order valence-electron chi connectivity index (χ3n) is 12.1. The van der Waals surface area contributed by atoms with Crippen LogP contribution in [-0.2, 0) is 71.4 Å². The number of aromatic nitrogens is 1. The van der Waals surface area contributed by atoms with Crippen LogP contribution in [0.3, 0.4) is 0 Å². The lowest BCUT2D eigenvalue weighted by atomic mass is 9.45. The Morgan fingerprint density at radius 1 is 0.787 bits per heavy atom. The van der Waals surface area contributed by atoms with E-state index >= 15 is 0 Å². The minimum Gasteiger partial charge on any atom is -0.465 e. The molecule has 1 spiro atoms. The number of ether oxygens (including phenoxy) is 9. The molecular formula is C41H47NO19. The van der Waals surface area contributed by atoms with Crippen LogP contribution in [0.15, 0.2) is 41.1 Å². The van der Waals surface area contributed by atoms with Gasteiger partial charge in [-0.1, -0.05) is 13.8 Å². The molecule has 4 heterocycles. The average Bonchev–Trinajstić information content (AvgIpc) is 3.79. The zero-order valence-electron chi connectivity index (χ0n) is 34.8. The Balaban J connectivity index is 1.80. The van der Waals surface area contributed by atoms with Gasteiger partial charge in [0.25, 0.3) is 0 Å². The molecule has 330 valence electrons. The van der Waals surface area contributed by atoms with Gasteiger partial charge in [-0.05, 0) is 38.1 Å². The molecule has 1 saturated heterocycles. The van der Waals surface area contributed by atoms with Crippen molar-refractivity contribution in [3.63, 3.8) is 0 Å². The van der Waals surface area contributed by atoms with Crippen LogP contribution in [0.2, 0.25) is 0 Å². The summed E-state index contributed by atoms with van der Waals surface area (Å²) < 4.78 is 60.3. The highest BCUT2D eigenvalue weighted by Crippen LogP contribution is 2.70. The largest absolute Gasteiger partial charge is 0.465 e. The Bertz CT molecular complexity index is 2120. The number of fused-ring (bicyclic) bond motifs is 5. The molecule has 2 saturated carbocycles. The SMILES string of the molecule is CC(=O)OCC12C(OC(C)=O)C(OC(C)=O)C3C(OC(C)=O)C14OC3(C)COC(=O)c1cccnc1C(C)C(C)C(=O)OC(C(OC(=O)c1ccco1)C2OC(C)=O)C4(C)O. The predicted molar refractivity (Wildman–Crippen MR) is 198 cm³/mol. The van der Waals surface area contributed by atoms with E-state index in [4.69, 9.17) is 47.0 Å². The number of carbonyl (C=O) groups excluding carboxylic acids is 8. The summed E-state index contributed by atoms with van der Waals surface area (Å²) in [5, 5.41) is 13.6. The van der Waals surface area contributed by atoms with Gasteiger partial charge in [-0.3, -0.25) is 33.8 Å². The molecule has 6 rings (SSSR count). The van der Waals surface area contributed by atoms with Crippen LogP contribution in [0.25, 0.3) is 0 Å². The van der Waals surface area contributed by atoms with Gasteiger partial charge in [-0.2, -0.15) is 0 Å². The van der Waals surface area contributed by atoms with Crippen molar-refractivity contribution in [1.82, 2.24) is 4.98 Å². The molecule has 2 aliphatic carbocycles. The van der Waals surface area contributed by atoms with Gasteiger partial charge in [0.1, 0.15) is 42.0 Å². The fourth-order valence-corrected chi connectivity index (χ4v) is 9.63. The molecule has 0 amide bonds. The Hall–Kier alpha value is -5.89. The first-order valence-corrected chi connectivity index (χ1v) is 19.4. The molecule has 3 fully saturated rings. The number of carbonyl (C=O) groups is 8. The summed E-state index contributed by atoms with van der Waals surface area (Å²) >= 11 is 0. The second-order valence-corrected chi connectivity index (χ2v) is 16.1. The normalized spacial score (nSPS) is 36.5. The predicted octanol–water partition coefficient (Wildman–Crippen LogP) is 1.92. The third-order valence-corrected chi connectivity index (χ3v) is 12.1. The van der Waals surface area contributed by atoms with Crippen molar-refractivity contribution in [3.05, 3.63) is 53.7 Å². The Morgan fingerprint density at radius 2 is 1.39 bits per heavy atom. The van der Waals surface area contributed by atoms with Crippen molar-refractivity contribution in [1.29, 1.82) is 0 Å². The van der Waals surface area contributed by atoms with E-state index in [9.17, 15) is 43.5 Å². The molecule has 61 heavy (non-hydrogen) atoms. The fraction of sp³-hybridized carbons (Fsp3) is 0.585. The monoisotopic (exact) mass is 857 g/mol. The molecule has 2 aromatic heterocycles. The average molecular weight is 858 g/mol. The molecule has 2 aliphatic heterocycles. The van der Waals surface area contributed by atoms with Crippen LogP contribution in [0.1, 0.15) is 94.8 Å². The van der Waals surface area contributed by atoms with E-state index in [1.165, 1.54) is 44.3 Å². The van der Waals surface area contributed by atoms with E-state index in [2.05, 4.69) is 4.98 Å². The van der Waals surface area contributed by atoms with Gasteiger partial charge >= 0.3 is 47.8 Å². The highest BCUT2D eigenvalue weighted by Gasteiger charge is 2.92. The lowest BCUT2D eigenvalue weighted by molar-refractivity contribution is -0.386. The van der Waals surface area contributed by atoms with E-state index < -0.39 is 143 Å². The topological polar surface area (TPSA) is 266 Å². The molecule has 0 aromatic carbocycles. The van der Waals surface area contributed by atoms with Crippen molar-refractivity contribution in [3.8, 4) is 0 Å². The van der Waals surface area contributed by atoms with Gasteiger partial charge in [0.05, 0.1) is 29.4 Å². The first-order valence-electron chi connectivity index (χ1n) is 19.4. The highest BCUT2D eigenvalue weighted by atomic mass is 16.7. The molecule has 20 heteroatoms. The second kappa shape index (κ2) is 16.2. The first kappa shape index (κ1) is 44.7. The summed E-state index contributed by atoms with van der Waals surface area (Å²) in [6.07, 6.45) is -9.84. The molecule has 20 nitrogen and oxygen atoms in total. The van der Waals surface area contributed by atoms with E-state index in [0.717, 1.165) is 47.8 Å². The van der Waals surface area contributed by atoms with Gasteiger partial charge in [0.2, 0.25) is 5.76 Å². The number of hydrogen-bond donors (Lipinski definition) is 1. The number of aliphatic hydroxyl groups is 1. The van der Waals surface area contributed by atoms with Crippen molar-refractivity contribution < 1.29 is 90.5 Å². The van der Waals surface area contributed by atoms with E-state index in [1.54, 1.807) is 6.92 Å². The fourth-order valence-electron chi connectivity index (χ4n) is 9.63. The van der Waals surface area contributed by atoms with Crippen molar-refractivity contribution >= 4 is 47.8 Å². The lowest BCUT2D eigenvalue weighted by Gasteiger charge is -2.67. The van der Waals surface area contributed by atoms with E-state index in [0.29, 0.717) is 0 Å². The Labute approximate surface area is 348 Å². The number of nitrogens with zero attached hydrogens (tertiary/aromatic N) is 1. The molecule has 1 N–H and O–H groups in total. The summed E-state index contributed by atoms with van der Waals surface area (Å²) in [5.41, 5.74) is -10.4. The number of pyridine rings is 1. The number of rotatable bonds is 8. The van der Waals surface area contributed by atoms with Gasteiger partial charge < -0.3 is 52.2 Å². The summed E-state index contributed by atoms with van der Waals surface area (Å²) in [5.74, 6) is -12.5. The molecule has 13 atom stereocenters. The van der Waals surface area contributed by atoms with Gasteiger partial charge in [0, 0.05) is 46.7 Å². The van der Waals surface area contributed by atoms with Crippen LogP contribution in [0.4, 0.5) is 0 Å². The van der Waals surface area contributed by atoms with E-state index in [1.807, 2.05) is 0 Å². The van der Waals surface area contributed by atoms with Crippen LogP contribution < -0.4 is 0 Å². The standard InChI is InChI=1S/C41H47NO19/c1-18-19(2)35(48)60-32-30(59-37(50)26-13-11-15-52-26)34(58-24(7)47)40(17-53-20(3)43)33(57-23(6)46)29(55-21(4)44)27-31(56-22(5)45)41(40,39(32,9)51)61-38(27,8)16-54-36(49)25-12-10-14-42-28(18)25/h10-15,18-19,27,29-34,51H,16-17H2,1-9H3. The lowest BCUT2D eigenvalue weighted by Crippen LogP contribution is -2.89. The van der Waals surface area contributed by atoms with Crippen LogP contribution in [0.5, 0.6) is 0 Å². The maximum Gasteiger partial charge on any atom is 0.374 e. The third kappa shape index (κ3) is 7.28. The van der Waals surface area contributed by atoms with Crippen molar-refractivity contribution in [2.45, 2.75) is 122 Å². The molecule has 4 aliphatic rings. The van der Waals surface area contributed by atoms with E-state index in [-0.39, 0.29) is 11.3 Å². The highest BCUT2D eigenvalue weighted by molar-refractivity contribution is 5.91. The molecule has 13 unspecified atom stereocenters. The minimum atomic E-state index is -2.89. The number of esters is 8. The van der Waals surface area contributed by atoms with Crippen LogP contribution in [0, 0.1) is 17.3 Å².